The Morgan fingerprint density at radius 3 is 2.47 bits per heavy atom. The molecule has 0 amide bonds. The lowest BCUT2D eigenvalue weighted by Crippen LogP contribution is -2.32. The van der Waals surface area contributed by atoms with Gasteiger partial charge >= 0.3 is 5.97 Å². The Bertz CT molecular complexity index is 591. The summed E-state index contributed by atoms with van der Waals surface area (Å²) in [6, 6.07) is 4.31. The molecule has 0 radical (unpaired) electrons. The van der Waals surface area contributed by atoms with E-state index in [0.717, 1.165) is 0 Å². The Hall–Kier alpha value is -2.10. The molecular weight excluding hydrogens is 240 g/mol. The number of rotatable bonds is 4. The number of carbonyl (C=O) groups is 1. The van der Waals surface area contributed by atoms with Crippen molar-refractivity contribution < 1.29 is 14.5 Å². The van der Waals surface area contributed by atoms with E-state index in [-0.39, 0.29) is 6.42 Å². The first-order valence-electron chi connectivity index (χ1n) is 6.34. The predicted octanol–water partition coefficient (Wildman–Crippen LogP) is 2.16. The molecule has 0 saturated heterocycles. The van der Waals surface area contributed by atoms with Gasteiger partial charge in [0.05, 0.1) is 6.42 Å². The third kappa shape index (κ3) is 3.02. The molecule has 0 bridgehead atoms. The van der Waals surface area contributed by atoms with Crippen molar-refractivity contribution in [2.45, 2.75) is 33.7 Å². The molecule has 0 saturated carbocycles. The van der Waals surface area contributed by atoms with Gasteiger partial charge in [-0.3, -0.25) is 4.79 Å². The first-order valence-corrected chi connectivity index (χ1v) is 6.34. The fourth-order valence-corrected chi connectivity index (χ4v) is 2.46. The molecule has 4 nitrogen and oxygen atoms in total. The third-order valence-corrected chi connectivity index (χ3v) is 3.17. The number of aliphatic carboxylic acids is 1. The van der Waals surface area contributed by atoms with Crippen LogP contribution in [0.1, 0.15) is 23.1 Å². The largest absolute Gasteiger partial charge is 0.481 e. The van der Waals surface area contributed by atoms with Gasteiger partial charge in [0.2, 0.25) is 6.33 Å². The topological polar surface area (TPSA) is 46.1 Å². The summed E-state index contributed by atoms with van der Waals surface area (Å²) in [5, 5.41) is 8.70. The normalized spacial score (nSPS) is 10.7. The molecular formula is C15H19N2O2+. The van der Waals surface area contributed by atoms with E-state index < -0.39 is 5.97 Å². The highest BCUT2D eigenvalue weighted by atomic mass is 16.4. The summed E-state index contributed by atoms with van der Waals surface area (Å²) in [6.07, 6.45) is 5.95. The minimum atomic E-state index is -0.775. The summed E-state index contributed by atoms with van der Waals surface area (Å²) >= 11 is 0. The van der Waals surface area contributed by atoms with Gasteiger partial charge in [0, 0.05) is 0 Å². The number of aryl methyl sites for hydroxylation is 4. The number of carboxylic acids is 1. The fourth-order valence-electron chi connectivity index (χ4n) is 2.46. The van der Waals surface area contributed by atoms with Crippen molar-refractivity contribution in [3.05, 3.63) is 47.5 Å². The van der Waals surface area contributed by atoms with Crippen LogP contribution in [0.2, 0.25) is 0 Å². The molecule has 1 N–H and O–H groups in total. The molecule has 2 aromatic rings. The number of carboxylic acid groups (broad SMARTS) is 1. The van der Waals surface area contributed by atoms with Crippen LogP contribution in [0.3, 0.4) is 0 Å². The van der Waals surface area contributed by atoms with Gasteiger partial charge in [0.25, 0.3) is 0 Å². The quantitative estimate of drug-likeness (QED) is 0.855. The van der Waals surface area contributed by atoms with E-state index in [1.807, 2.05) is 27.9 Å². The zero-order chi connectivity index (χ0) is 14.0. The number of hydrogen-bond donors (Lipinski definition) is 1. The standard InChI is InChI=1S/C15H18N2O2/c1-11-8-12(2)15(13(3)9-11)17-7-6-16(10-17)5-4-14(18)19/h6-10H,4-5H2,1-3H3/p+1. The van der Waals surface area contributed by atoms with Gasteiger partial charge in [-0.05, 0) is 31.9 Å². The van der Waals surface area contributed by atoms with Gasteiger partial charge in [-0.15, -0.1) is 0 Å². The number of nitrogens with zero attached hydrogens (tertiary/aromatic N) is 2. The zero-order valence-electron chi connectivity index (χ0n) is 11.6. The van der Waals surface area contributed by atoms with E-state index in [2.05, 4.69) is 32.9 Å². The molecule has 1 aromatic heterocycles. The minimum absolute atomic E-state index is 0.139. The molecule has 0 spiro atoms. The molecule has 19 heavy (non-hydrogen) atoms. The maximum Gasteiger partial charge on any atom is 0.307 e. The maximum atomic E-state index is 10.6. The average Bonchev–Trinajstić information content (AvgIpc) is 2.73. The summed E-state index contributed by atoms with van der Waals surface area (Å²) in [7, 11) is 0. The second-order valence-electron chi connectivity index (χ2n) is 4.95. The van der Waals surface area contributed by atoms with Crippen molar-refractivity contribution in [1.29, 1.82) is 0 Å². The number of benzene rings is 1. The Morgan fingerprint density at radius 2 is 1.89 bits per heavy atom. The van der Waals surface area contributed by atoms with E-state index in [1.165, 1.54) is 22.4 Å². The van der Waals surface area contributed by atoms with Crippen LogP contribution in [0.15, 0.2) is 30.9 Å². The monoisotopic (exact) mass is 259 g/mol. The van der Waals surface area contributed by atoms with Crippen LogP contribution in [0, 0.1) is 20.8 Å². The van der Waals surface area contributed by atoms with Crippen molar-refractivity contribution in [3.8, 4) is 5.69 Å². The first kappa shape index (κ1) is 13.3. The third-order valence-electron chi connectivity index (χ3n) is 3.17. The molecule has 2 rings (SSSR count). The van der Waals surface area contributed by atoms with Crippen LogP contribution in [0.4, 0.5) is 0 Å². The Balaban J connectivity index is 2.30. The lowest BCUT2D eigenvalue weighted by Gasteiger charge is -2.06. The van der Waals surface area contributed by atoms with Crippen molar-refractivity contribution in [2.75, 3.05) is 0 Å². The van der Waals surface area contributed by atoms with Crippen LogP contribution < -0.4 is 4.57 Å². The summed E-state index contributed by atoms with van der Waals surface area (Å²) in [4.78, 5) is 10.6. The van der Waals surface area contributed by atoms with Crippen molar-refractivity contribution in [2.24, 2.45) is 0 Å². The second-order valence-corrected chi connectivity index (χ2v) is 4.95. The Labute approximate surface area is 112 Å². The predicted molar refractivity (Wildman–Crippen MR) is 72.4 cm³/mol. The summed E-state index contributed by atoms with van der Waals surface area (Å²) in [5.74, 6) is -0.775. The van der Waals surface area contributed by atoms with Gasteiger partial charge in [-0.2, -0.15) is 0 Å². The first-order chi connectivity index (χ1) is 8.97. The van der Waals surface area contributed by atoms with Crippen molar-refractivity contribution >= 4 is 5.97 Å². The van der Waals surface area contributed by atoms with Crippen LogP contribution >= 0.6 is 0 Å². The van der Waals surface area contributed by atoms with Gasteiger partial charge in [0.1, 0.15) is 24.6 Å². The minimum Gasteiger partial charge on any atom is -0.481 e. The van der Waals surface area contributed by atoms with Gasteiger partial charge in [-0.1, -0.05) is 17.7 Å². The van der Waals surface area contributed by atoms with Crippen molar-refractivity contribution in [1.82, 2.24) is 4.57 Å². The maximum absolute atomic E-state index is 10.6. The molecule has 4 heteroatoms. The number of aromatic nitrogens is 2. The Morgan fingerprint density at radius 1 is 1.26 bits per heavy atom. The fraction of sp³-hybridized carbons (Fsp3) is 0.333. The van der Waals surface area contributed by atoms with E-state index in [0.29, 0.717) is 6.54 Å². The average molecular weight is 259 g/mol. The van der Waals surface area contributed by atoms with Crippen LogP contribution in [0.25, 0.3) is 5.69 Å². The van der Waals surface area contributed by atoms with Gasteiger partial charge in [-0.25, -0.2) is 9.13 Å². The van der Waals surface area contributed by atoms with Gasteiger partial charge in [0.15, 0.2) is 0 Å². The summed E-state index contributed by atoms with van der Waals surface area (Å²) in [6.45, 7) is 6.77. The molecule has 100 valence electrons. The Kier molecular flexibility index (Phi) is 3.69. The molecule has 1 aromatic carbocycles. The van der Waals surface area contributed by atoms with Crippen LogP contribution in [-0.2, 0) is 11.3 Å². The molecule has 0 unspecified atom stereocenters. The molecule has 0 aliphatic heterocycles. The molecule has 0 aliphatic rings. The molecule has 0 aliphatic carbocycles. The van der Waals surface area contributed by atoms with Crippen molar-refractivity contribution in [3.63, 3.8) is 0 Å². The molecule has 0 atom stereocenters. The highest BCUT2D eigenvalue weighted by Crippen LogP contribution is 2.20. The molecule has 0 fully saturated rings. The highest BCUT2D eigenvalue weighted by Gasteiger charge is 2.13. The SMILES string of the molecule is Cc1cc(C)c(-n2cc[n+](CCC(=O)O)c2)c(C)c1. The lowest BCUT2D eigenvalue weighted by molar-refractivity contribution is -0.695. The van der Waals surface area contributed by atoms with E-state index in [1.54, 1.807) is 0 Å². The number of hydrogen-bond acceptors (Lipinski definition) is 1. The van der Waals surface area contributed by atoms with E-state index in [4.69, 9.17) is 5.11 Å². The van der Waals surface area contributed by atoms with Gasteiger partial charge < -0.3 is 5.11 Å². The van der Waals surface area contributed by atoms with E-state index in [9.17, 15) is 4.79 Å². The van der Waals surface area contributed by atoms with Crippen LogP contribution in [0.5, 0.6) is 0 Å². The summed E-state index contributed by atoms with van der Waals surface area (Å²) < 4.78 is 3.94. The smallest absolute Gasteiger partial charge is 0.307 e. The number of imidazole rings is 1. The second kappa shape index (κ2) is 5.26. The highest BCUT2D eigenvalue weighted by molar-refractivity contribution is 5.66. The zero-order valence-corrected chi connectivity index (χ0v) is 11.6. The molecule has 1 heterocycles. The van der Waals surface area contributed by atoms with Crippen LogP contribution in [-0.4, -0.2) is 15.6 Å². The summed E-state index contributed by atoms with van der Waals surface area (Å²) in [5.41, 5.74) is 4.86. The van der Waals surface area contributed by atoms with E-state index >= 15 is 0 Å². The lowest BCUT2D eigenvalue weighted by atomic mass is 10.1.